The Morgan fingerprint density at radius 3 is 2.05 bits per heavy atom. The van der Waals surface area contributed by atoms with E-state index in [4.69, 9.17) is 0 Å². The molecule has 0 unspecified atom stereocenters. The largest absolute Gasteiger partial charge is 0.429 e. The molecule has 0 N–H and O–H groups in total. The van der Waals surface area contributed by atoms with Crippen molar-refractivity contribution in [1.82, 2.24) is 0 Å². The highest BCUT2D eigenvalue weighted by molar-refractivity contribution is 5.31. The van der Waals surface area contributed by atoms with Crippen molar-refractivity contribution in [1.29, 1.82) is 0 Å². The predicted molar refractivity (Wildman–Crippen MR) is 78.1 cm³/mol. The van der Waals surface area contributed by atoms with Crippen molar-refractivity contribution >= 4 is 0 Å². The van der Waals surface area contributed by atoms with Gasteiger partial charge in [0.05, 0.1) is 5.56 Å². The van der Waals surface area contributed by atoms with Gasteiger partial charge in [0.25, 0.3) is 0 Å². The molecule has 0 saturated heterocycles. The van der Waals surface area contributed by atoms with Gasteiger partial charge in [-0.2, -0.15) is 8.78 Å². The predicted octanol–water partition coefficient (Wildman–Crippen LogP) is 5.74. The van der Waals surface area contributed by atoms with Crippen LogP contribution in [0.3, 0.4) is 0 Å². The van der Waals surface area contributed by atoms with E-state index in [-0.39, 0.29) is 5.75 Å². The summed E-state index contributed by atoms with van der Waals surface area (Å²) in [5.74, 6) is -2.09. The quantitative estimate of drug-likeness (QED) is 0.657. The molecule has 0 aliphatic carbocycles. The van der Waals surface area contributed by atoms with Crippen molar-refractivity contribution in [2.75, 3.05) is 0 Å². The smallest absolute Gasteiger partial charge is 0.429 e. The fourth-order valence-electron chi connectivity index (χ4n) is 1.70. The van der Waals surface area contributed by atoms with Crippen LogP contribution >= 0.6 is 0 Å². The van der Waals surface area contributed by atoms with E-state index in [2.05, 4.69) is 4.74 Å². The van der Waals surface area contributed by atoms with Gasteiger partial charge in [-0.05, 0) is 43.2 Å². The van der Waals surface area contributed by atoms with Crippen LogP contribution in [-0.4, -0.2) is 0 Å². The molecule has 0 spiro atoms. The Kier molecular flexibility index (Phi) is 5.97. The number of alkyl halides is 2. The van der Waals surface area contributed by atoms with E-state index in [1.807, 2.05) is 13.8 Å². The fourth-order valence-corrected chi connectivity index (χ4v) is 1.70. The topological polar surface area (TPSA) is 9.23 Å². The molecule has 0 fully saturated rings. The normalized spacial score (nSPS) is 10.7. The van der Waals surface area contributed by atoms with Gasteiger partial charge in [0.15, 0.2) is 0 Å². The van der Waals surface area contributed by atoms with Gasteiger partial charge < -0.3 is 4.74 Å². The van der Waals surface area contributed by atoms with E-state index < -0.39 is 23.3 Å². The third-order valence-electron chi connectivity index (χ3n) is 2.83. The van der Waals surface area contributed by atoms with Crippen LogP contribution in [0, 0.1) is 25.5 Å². The van der Waals surface area contributed by atoms with E-state index >= 15 is 0 Å². The van der Waals surface area contributed by atoms with Crippen LogP contribution in [0.1, 0.15) is 30.5 Å². The highest BCUT2D eigenvalue weighted by Crippen LogP contribution is 2.33. The number of benzene rings is 2. The molecule has 5 heteroatoms. The molecule has 0 aliphatic rings. The Morgan fingerprint density at radius 2 is 1.50 bits per heavy atom. The molecule has 0 radical (unpaired) electrons. The molecule has 0 heterocycles. The first-order valence-electron chi connectivity index (χ1n) is 6.89. The van der Waals surface area contributed by atoms with Crippen LogP contribution in [0.5, 0.6) is 5.75 Å². The molecule has 2 aromatic rings. The van der Waals surface area contributed by atoms with Crippen molar-refractivity contribution in [3.05, 3.63) is 64.7 Å². The molecule has 1 nitrogen and oxygen atoms in total. The van der Waals surface area contributed by atoms with E-state index in [1.54, 1.807) is 6.92 Å². The zero-order chi connectivity index (χ0) is 16.9. The Balaban J connectivity index is 0.00000116. The summed E-state index contributed by atoms with van der Waals surface area (Å²) in [7, 11) is 0. The van der Waals surface area contributed by atoms with E-state index in [0.29, 0.717) is 11.1 Å². The molecular formula is C17H18F4O. The van der Waals surface area contributed by atoms with Gasteiger partial charge in [0, 0.05) is 6.07 Å². The van der Waals surface area contributed by atoms with Gasteiger partial charge in [-0.15, -0.1) is 0 Å². The molecular weight excluding hydrogens is 296 g/mol. The maximum atomic E-state index is 13.9. The molecule has 0 aliphatic heterocycles. The molecule has 0 atom stereocenters. The zero-order valence-electron chi connectivity index (χ0n) is 12.9. The fraction of sp³-hybridized carbons (Fsp3) is 0.294. The minimum Gasteiger partial charge on any atom is -0.429 e. The standard InChI is InChI=1S/C15H12F4O.C2H6/c1-9-3-6-12(14(17)7-9)15(18,19)20-11-5-4-10(2)13(16)8-11;1-2/h3-8H,1-2H3;1-2H3. The highest BCUT2D eigenvalue weighted by Gasteiger charge is 2.37. The van der Waals surface area contributed by atoms with Crippen LogP contribution in [0.2, 0.25) is 0 Å². The summed E-state index contributed by atoms with van der Waals surface area (Å²) in [6.07, 6.45) is -3.88. The summed E-state index contributed by atoms with van der Waals surface area (Å²) in [5.41, 5.74) is -0.0605. The second kappa shape index (κ2) is 7.29. The molecule has 0 aromatic heterocycles. The number of aryl methyl sites for hydroxylation is 2. The van der Waals surface area contributed by atoms with Crippen molar-refractivity contribution < 1.29 is 22.3 Å². The highest BCUT2D eigenvalue weighted by atomic mass is 19.3. The molecule has 22 heavy (non-hydrogen) atoms. The lowest BCUT2D eigenvalue weighted by Crippen LogP contribution is -2.23. The maximum Gasteiger partial charge on any atom is 0.429 e. The first-order valence-corrected chi connectivity index (χ1v) is 6.89. The van der Waals surface area contributed by atoms with Gasteiger partial charge >= 0.3 is 6.11 Å². The Hall–Kier alpha value is -2.04. The summed E-state index contributed by atoms with van der Waals surface area (Å²) < 4.78 is 59.0. The molecule has 2 aromatic carbocycles. The minimum absolute atomic E-state index is 0.308. The Bertz CT molecular complexity index is 639. The second-order valence-electron chi connectivity index (χ2n) is 4.51. The number of hydrogen-bond donors (Lipinski definition) is 0. The first kappa shape index (κ1) is 18.0. The monoisotopic (exact) mass is 314 g/mol. The van der Waals surface area contributed by atoms with Crippen molar-refractivity contribution in [3.63, 3.8) is 0 Å². The lowest BCUT2D eigenvalue weighted by atomic mass is 10.1. The number of hydrogen-bond acceptors (Lipinski definition) is 1. The third-order valence-corrected chi connectivity index (χ3v) is 2.83. The Morgan fingerprint density at radius 1 is 0.864 bits per heavy atom. The van der Waals surface area contributed by atoms with E-state index in [0.717, 1.165) is 18.2 Å². The van der Waals surface area contributed by atoms with Crippen LogP contribution in [-0.2, 0) is 6.11 Å². The maximum absolute atomic E-state index is 13.9. The van der Waals surface area contributed by atoms with Crippen molar-refractivity contribution in [3.8, 4) is 5.75 Å². The number of halogens is 4. The van der Waals surface area contributed by atoms with Gasteiger partial charge in [-0.25, -0.2) is 8.78 Å². The van der Waals surface area contributed by atoms with E-state index in [9.17, 15) is 17.6 Å². The van der Waals surface area contributed by atoms with E-state index in [1.165, 1.54) is 25.1 Å². The molecule has 120 valence electrons. The minimum atomic E-state index is -3.88. The van der Waals surface area contributed by atoms with Gasteiger partial charge in [0.1, 0.15) is 17.4 Å². The Labute approximate surface area is 127 Å². The number of ether oxygens (including phenoxy) is 1. The van der Waals surface area contributed by atoms with Crippen LogP contribution in [0.15, 0.2) is 36.4 Å². The van der Waals surface area contributed by atoms with Crippen LogP contribution in [0.25, 0.3) is 0 Å². The van der Waals surface area contributed by atoms with Gasteiger partial charge in [-0.1, -0.05) is 26.0 Å². The molecule has 0 saturated carbocycles. The molecule has 0 amide bonds. The average molecular weight is 314 g/mol. The van der Waals surface area contributed by atoms with Crippen LogP contribution < -0.4 is 4.74 Å². The summed E-state index contributed by atoms with van der Waals surface area (Å²) in [5, 5.41) is 0. The SMILES string of the molecule is CC.Cc1ccc(C(F)(F)Oc2ccc(C)c(F)c2)c(F)c1. The zero-order valence-corrected chi connectivity index (χ0v) is 12.9. The van der Waals surface area contributed by atoms with Crippen molar-refractivity contribution in [2.45, 2.75) is 33.8 Å². The number of rotatable bonds is 3. The summed E-state index contributed by atoms with van der Waals surface area (Å²) in [6.45, 7) is 7.08. The summed E-state index contributed by atoms with van der Waals surface area (Å²) in [4.78, 5) is 0. The van der Waals surface area contributed by atoms with Crippen LogP contribution in [0.4, 0.5) is 17.6 Å². The van der Waals surface area contributed by atoms with Gasteiger partial charge in [0.2, 0.25) is 0 Å². The lowest BCUT2D eigenvalue weighted by molar-refractivity contribution is -0.187. The first-order chi connectivity index (χ1) is 10.3. The third kappa shape index (κ3) is 4.23. The summed E-state index contributed by atoms with van der Waals surface area (Å²) >= 11 is 0. The van der Waals surface area contributed by atoms with Crippen molar-refractivity contribution in [2.24, 2.45) is 0 Å². The molecule has 0 bridgehead atoms. The lowest BCUT2D eigenvalue weighted by Gasteiger charge is -2.19. The summed E-state index contributed by atoms with van der Waals surface area (Å²) in [6, 6.07) is 6.66. The second-order valence-corrected chi connectivity index (χ2v) is 4.51. The van der Waals surface area contributed by atoms with Gasteiger partial charge in [-0.3, -0.25) is 0 Å². The average Bonchev–Trinajstić information content (AvgIpc) is 2.44. The molecule has 2 rings (SSSR count).